The van der Waals surface area contributed by atoms with Gasteiger partial charge in [0.1, 0.15) is 12.1 Å². The van der Waals surface area contributed by atoms with E-state index in [1.54, 1.807) is 0 Å². The molecule has 2 aliphatic rings. The summed E-state index contributed by atoms with van der Waals surface area (Å²) in [5.41, 5.74) is 0. The zero-order valence-electron chi connectivity index (χ0n) is 23.0. The van der Waals surface area contributed by atoms with E-state index in [1.807, 2.05) is 4.90 Å². The molecular weight excluding hydrogens is 480 g/mol. The Morgan fingerprint density at radius 3 is 2.51 bits per heavy atom. The third kappa shape index (κ3) is 11.1. The number of aliphatic hydroxyl groups is 3. The van der Waals surface area contributed by atoms with E-state index < -0.39 is 37.8 Å². The maximum absolute atomic E-state index is 12.8. The summed E-state index contributed by atoms with van der Waals surface area (Å²) in [4.78, 5) is 26.3. The molecule has 0 aromatic carbocycles. The Morgan fingerprint density at radius 2 is 1.89 bits per heavy atom. The molecule has 2 amide bonds. The van der Waals surface area contributed by atoms with Gasteiger partial charge in [-0.25, -0.2) is 0 Å². The van der Waals surface area contributed by atoms with Crippen LogP contribution in [0.15, 0.2) is 0 Å². The topological polar surface area (TPSA) is 138 Å². The average Bonchev–Trinajstić information content (AvgIpc) is 3.54. The van der Waals surface area contributed by atoms with Gasteiger partial charge in [0.2, 0.25) is 11.8 Å². The summed E-state index contributed by atoms with van der Waals surface area (Å²) in [7, 11) is 0. The molecule has 0 radical (unpaired) electrons. The molecule has 1 saturated heterocycles. The molecule has 0 spiro atoms. The van der Waals surface area contributed by atoms with Gasteiger partial charge < -0.3 is 39.7 Å². The van der Waals surface area contributed by atoms with Crippen molar-refractivity contribution in [2.24, 2.45) is 5.92 Å². The molecule has 0 bridgehead atoms. The molecule has 1 heterocycles. The molecule has 10 heteroatoms. The summed E-state index contributed by atoms with van der Waals surface area (Å²) in [5.74, 6) is 0.609. The lowest BCUT2D eigenvalue weighted by Gasteiger charge is -2.30. The fourth-order valence-electron chi connectivity index (χ4n) is 5.23. The van der Waals surface area contributed by atoms with Crippen LogP contribution >= 0.6 is 0 Å². The molecule has 7 atom stereocenters. The predicted octanol–water partition coefficient (Wildman–Crippen LogP) is 1.73. The molecule has 1 aliphatic heterocycles. The Labute approximate surface area is 222 Å². The molecule has 2 rings (SSSR count). The van der Waals surface area contributed by atoms with Crippen LogP contribution in [0.1, 0.15) is 85.0 Å². The lowest BCUT2D eigenvalue weighted by atomic mass is 10.1. The van der Waals surface area contributed by atoms with Gasteiger partial charge in [-0.1, -0.05) is 19.8 Å². The van der Waals surface area contributed by atoms with E-state index in [0.29, 0.717) is 25.6 Å². The zero-order chi connectivity index (χ0) is 27.2. The first-order valence-electron chi connectivity index (χ1n) is 14.1. The molecule has 1 aliphatic carbocycles. The fraction of sp³-hybridized carbons (Fsp3) is 0.926. The van der Waals surface area contributed by atoms with Crippen LogP contribution < -0.4 is 5.32 Å². The standard InChI is InChI=1S/C27H50N2O8/c1-4-21-11-12-23(15-21)36-18-22-9-8-13-29(22)26(34)10-6-5-7-14-35-27(24(16-30)28-20(3)33)37-25(17-31)19(2)32/h19,21-25,27,30-32H,4-18H2,1-3H3,(H,28,33)/t19-,21?,22+,23?,24+,25?,27?/m1/s1. The van der Waals surface area contributed by atoms with Crippen molar-refractivity contribution < 1.29 is 39.1 Å². The zero-order valence-corrected chi connectivity index (χ0v) is 23.0. The number of likely N-dealkylation sites (tertiary alicyclic amines) is 1. The Bertz CT molecular complexity index is 664. The van der Waals surface area contributed by atoms with Crippen LogP contribution in [0.3, 0.4) is 0 Å². The molecule has 216 valence electrons. The van der Waals surface area contributed by atoms with Crippen LogP contribution in [0, 0.1) is 5.92 Å². The molecule has 0 aromatic heterocycles. The number of nitrogens with one attached hydrogen (secondary N) is 1. The van der Waals surface area contributed by atoms with Crippen LogP contribution in [0.25, 0.3) is 0 Å². The highest BCUT2D eigenvalue weighted by molar-refractivity contribution is 5.76. The molecule has 4 N–H and O–H groups in total. The number of aliphatic hydroxyl groups excluding tert-OH is 3. The fourth-order valence-corrected chi connectivity index (χ4v) is 5.23. The lowest BCUT2D eigenvalue weighted by Crippen LogP contribution is -2.50. The van der Waals surface area contributed by atoms with E-state index >= 15 is 0 Å². The van der Waals surface area contributed by atoms with Crippen LogP contribution in [0.2, 0.25) is 0 Å². The number of hydrogen-bond acceptors (Lipinski definition) is 8. The molecule has 4 unspecified atom stereocenters. The maximum Gasteiger partial charge on any atom is 0.222 e. The van der Waals surface area contributed by atoms with Crippen molar-refractivity contribution in [2.75, 3.05) is 33.0 Å². The van der Waals surface area contributed by atoms with Crippen molar-refractivity contribution >= 4 is 11.8 Å². The minimum absolute atomic E-state index is 0.180. The van der Waals surface area contributed by atoms with Gasteiger partial charge in [-0.3, -0.25) is 9.59 Å². The van der Waals surface area contributed by atoms with E-state index in [-0.39, 0.29) is 24.5 Å². The first-order chi connectivity index (χ1) is 17.8. The Kier molecular flexibility index (Phi) is 14.9. The second-order valence-corrected chi connectivity index (χ2v) is 10.6. The summed E-state index contributed by atoms with van der Waals surface area (Å²) in [6, 6.07) is -0.648. The van der Waals surface area contributed by atoms with Gasteiger partial charge in [-0.2, -0.15) is 0 Å². The minimum atomic E-state index is -1.03. The largest absolute Gasteiger partial charge is 0.394 e. The van der Waals surface area contributed by atoms with E-state index in [1.165, 1.54) is 26.7 Å². The number of carbonyl (C=O) groups is 2. The number of amides is 2. The van der Waals surface area contributed by atoms with Gasteiger partial charge in [0.25, 0.3) is 0 Å². The first-order valence-corrected chi connectivity index (χ1v) is 14.1. The first kappa shape index (κ1) is 31.9. The lowest BCUT2D eigenvalue weighted by molar-refractivity contribution is -0.214. The second-order valence-electron chi connectivity index (χ2n) is 10.6. The monoisotopic (exact) mass is 530 g/mol. The SMILES string of the molecule is CCC1CCC(OC[C@@H]2CCCN2C(=O)CCCCCOC(OC(CO)[C@@H](C)O)[C@H](CO)NC(C)=O)C1. The number of carbonyl (C=O) groups excluding carboxylic acids is 2. The highest BCUT2D eigenvalue weighted by atomic mass is 16.7. The van der Waals surface area contributed by atoms with E-state index in [9.17, 15) is 24.9 Å². The molecule has 10 nitrogen and oxygen atoms in total. The van der Waals surface area contributed by atoms with Crippen LogP contribution in [0.5, 0.6) is 0 Å². The molecular formula is C27H50N2O8. The number of rotatable bonds is 18. The third-order valence-electron chi connectivity index (χ3n) is 7.55. The Balaban J connectivity index is 1.70. The van der Waals surface area contributed by atoms with Gasteiger partial charge >= 0.3 is 0 Å². The average molecular weight is 531 g/mol. The van der Waals surface area contributed by atoms with Crippen molar-refractivity contribution in [2.45, 2.75) is 122 Å². The molecule has 37 heavy (non-hydrogen) atoms. The van der Waals surface area contributed by atoms with Crippen molar-refractivity contribution in [3.8, 4) is 0 Å². The summed E-state index contributed by atoms with van der Waals surface area (Å²) >= 11 is 0. The predicted molar refractivity (Wildman–Crippen MR) is 139 cm³/mol. The van der Waals surface area contributed by atoms with Gasteiger partial charge in [-0.05, 0) is 57.8 Å². The van der Waals surface area contributed by atoms with E-state index in [0.717, 1.165) is 51.0 Å². The van der Waals surface area contributed by atoms with Gasteiger partial charge in [0, 0.05) is 26.5 Å². The molecule has 0 aromatic rings. The minimum Gasteiger partial charge on any atom is -0.394 e. The number of ether oxygens (including phenoxy) is 3. The van der Waals surface area contributed by atoms with Gasteiger partial charge in [-0.15, -0.1) is 0 Å². The van der Waals surface area contributed by atoms with Gasteiger partial charge in [0.05, 0.1) is 38.1 Å². The summed E-state index contributed by atoms with van der Waals surface area (Å²) in [6.45, 7) is 5.93. The molecule has 2 fully saturated rings. The summed E-state index contributed by atoms with van der Waals surface area (Å²) in [6.07, 6.45) is 6.90. The van der Waals surface area contributed by atoms with Crippen molar-refractivity contribution in [1.29, 1.82) is 0 Å². The second kappa shape index (κ2) is 17.3. The van der Waals surface area contributed by atoms with Crippen molar-refractivity contribution in [1.82, 2.24) is 10.2 Å². The van der Waals surface area contributed by atoms with Gasteiger partial charge in [0.15, 0.2) is 6.29 Å². The van der Waals surface area contributed by atoms with E-state index in [4.69, 9.17) is 14.2 Å². The Hall–Kier alpha value is -1.30. The highest BCUT2D eigenvalue weighted by Gasteiger charge is 2.31. The van der Waals surface area contributed by atoms with Crippen LogP contribution in [-0.2, 0) is 23.8 Å². The highest BCUT2D eigenvalue weighted by Crippen LogP contribution is 2.31. The Morgan fingerprint density at radius 1 is 1.11 bits per heavy atom. The normalized spacial score (nSPS) is 25.1. The maximum atomic E-state index is 12.8. The summed E-state index contributed by atoms with van der Waals surface area (Å²) < 4.78 is 17.6. The van der Waals surface area contributed by atoms with Crippen LogP contribution in [0.4, 0.5) is 0 Å². The van der Waals surface area contributed by atoms with E-state index in [2.05, 4.69) is 12.2 Å². The number of nitrogens with zero attached hydrogens (tertiary/aromatic N) is 1. The van der Waals surface area contributed by atoms with Crippen molar-refractivity contribution in [3.05, 3.63) is 0 Å². The quantitative estimate of drug-likeness (QED) is 0.155. The van der Waals surface area contributed by atoms with Crippen LogP contribution in [-0.4, -0.2) is 102 Å². The number of hydrogen-bond donors (Lipinski definition) is 4. The van der Waals surface area contributed by atoms with Crippen molar-refractivity contribution in [3.63, 3.8) is 0 Å². The smallest absolute Gasteiger partial charge is 0.222 e. The number of unbranched alkanes of at least 4 members (excludes halogenated alkanes) is 2. The summed E-state index contributed by atoms with van der Waals surface area (Å²) in [5, 5.41) is 31.5. The molecule has 1 saturated carbocycles. The third-order valence-corrected chi connectivity index (χ3v) is 7.55.